The summed E-state index contributed by atoms with van der Waals surface area (Å²) < 4.78 is 32.9. The van der Waals surface area contributed by atoms with Crippen LogP contribution in [0.5, 0.6) is 0 Å². The molecule has 2 saturated heterocycles. The van der Waals surface area contributed by atoms with Crippen LogP contribution in [0.3, 0.4) is 0 Å². The number of hydrogen-bond acceptors (Lipinski definition) is 5. The number of amides is 2. The number of halogens is 2. The lowest BCUT2D eigenvalue weighted by atomic mass is 10.1. The third-order valence-electron chi connectivity index (χ3n) is 4.75. The SMILES string of the molecule is O=C1SC(=Cc2ccc(N3CCOCC3)c(F)c2)C(=O)N1Cc1ccc(F)cc1. The Morgan fingerprint density at radius 2 is 1.76 bits per heavy atom. The van der Waals surface area contributed by atoms with E-state index in [1.807, 2.05) is 4.90 Å². The van der Waals surface area contributed by atoms with Crippen LogP contribution >= 0.6 is 11.8 Å². The van der Waals surface area contributed by atoms with Crippen LogP contribution in [0, 0.1) is 11.6 Å². The van der Waals surface area contributed by atoms with Gasteiger partial charge in [0.15, 0.2) is 0 Å². The Morgan fingerprint density at radius 1 is 1.03 bits per heavy atom. The zero-order chi connectivity index (χ0) is 20.4. The minimum atomic E-state index is -0.443. The van der Waals surface area contributed by atoms with E-state index in [0.717, 1.165) is 16.7 Å². The molecule has 5 nitrogen and oxygen atoms in total. The van der Waals surface area contributed by atoms with Crippen LogP contribution in [0.15, 0.2) is 47.4 Å². The molecule has 29 heavy (non-hydrogen) atoms. The van der Waals surface area contributed by atoms with Crippen molar-refractivity contribution in [1.29, 1.82) is 0 Å². The van der Waals surface area contributed by atoms with E-state index >= 15 is 0 Å². The third-order valence-corrected chi connectivity index (χ3v) is 5.66. The van der Waals surface area contributed by atoms with Crippen molar-refractivity contribution < 1.29 is 23.1 Å². The van der Waals surface area contributed by atoms with E-state index in [4.69, 9.17) is 4.74 Å². The fourth-order valence-corrected chi connectivity index (χ4v) is 4.07. The van der Waals surface area contributed by atoms with Gasteiger partial charge in [-0.15, -0.1) is 0 Å². The smallest absolute Gasteiger partial charge is 0.293 e. The first kappa shape index (κ1) is 19.6. The van der Waals surface area contributed by atoms with Gasteiger partial charge in [0.25, 0.3) is 11.1 Å². The van der Waals surface area contributed by atoms with Crippen LogP contribution in [0.2, 0.25) is 0 Å². The molecule has 2 amide bonds. The molecule has 0 radical (unpaired) electrons. The zero-order valence-corrected chi connectivity index (χ0v) is 16.3. The number of benzene rings is 2. The van der Waals surface area contributed by atoms with Crippen LogP contribution in [-0.4, -0.2) is 42.3 Å². The molecule has 0 saturated carbocycles. The summed E-state index contributed by atoms with van der Waals surface area (Å²) in [4.78, 5) is 28.1. The summed E-state index contributed by atoms with van der Waals surface area (Å²) in [7, 11) is 0. The second-order valence-corrected chi connectivity index (χ2v) is 7.70. The molecule has 4 rings (SSSR count). The molecule has 8 heteroatoms. The highest BCUT2D eigenvalue weighted by molar-refractivity contribution is 8.18. The van der Waals surface area contributed by atoms with Crippen LogP contribution in [0.25, 0.3) is 6.08 Å². The summed E-state index contributed by atoms with van der Waals surface area (Å²) >= 11 is 0.812. The van der Waals surface area contributed by atoms with E-state index in [2.05, 4.69) is 0 Å². The fourth-order valence-electron chi connectivity index (χ4n) is 3.23. The minimum Gasteiger partial charge on any atom is -0.378 e. The van der Waals surface area contributed by atoms with Gasteiger partial charge in [0.2, 0.25) is 0 Å². The summed E-state index contributed by atoms with van der Waals surface area (Å²) in [5, 5.41) is -0.406. The molecule has 0 aliphatic carbocycles. The first-order valence-corrected chi connectivity index (χ1v) is 9.95. The number of hydrogen-bond donors (Lipinski definition) is 0. The van der Waals surface area contributed by atoms with Gasteiger partial charge in [-0.1, -0.05) is 18.2 Å². The van der Waals surface area contributed by atoms with Gasteiger partial charge < -0.3 is 9.64 Å². The molecule has 2 aliphatic rings. The van der Waals surface area contributed by atoms with E-state index in [0.29, 0.717) is 43.1 Å². The molecule has 0 bridgehead atoms. The molecule has 2 aromatic rings. The van der Waals surface area contributed by atoms with E-state index in [1.54, 1.807) is 12.1 Å². The Morgan fingerprint density at radius 3 is 2.45 bits per heavy atom. The molecule has 150 valence electrons. The monoisotopic (exact) mass is 416 g/mol. The van der Waals surface area contributed by atoms with Gasteiger partial charge in [-0.3, -0.25) is 14.5 Å². The maximum atomic E-state index is 14.6. The number of rotatable bonds is 4. The number of nitrogens with zero attached hydrogens (tertiary/aromatic N) is 2. The standard InChI is InChI=1S/C21H18F2N2O3S/c22-16-4-1-14(2-5-16)13-25-20(26)19(29-21(25)27)12-15-3-6-18(17(23)11-15)24-7-9-28-10-8-24/h1-6,11-12H,7-10,13H2. The van der Waals surface area contributed by atoms with E-state index in [9.17, 15) is 18.4 Å². The number of morpholine rings is 1. The molecule has 2 heterocycles. The summed E-state index contributed by atoms with van der Waals surface area (Å²) in [6, 6.07) is 10.4. The van der Waals surface area contributed by atoms with Crippen molar-refractivity contribution in [3.8, 4) is 0 Å². The van der Waals surface area contributed by atoms with Crippen molar-refractivity contribution in [2.24, 2.45) is 0 Å². The lowest BCUT2D eigenvalue weighted by Gasteiger charge is -2.29. The molecule has 0 unspecified atom stereocenters. The Kier molecular flexibility index (Phi) is 5.64. The van der Waals surface area contributed by atoms with Crippen molar-refractivity contribution in [2.75, 3.05) is 31.2 Å². The van der Waals surface area contributed by atoms with Crippen molar-refractivity contribution in [3.05, 3.63) is 70.1 Å². The highest BCUT2D eigenvalue weighted by Gasteiger charge is 2.35. The quantitative estimate of drug-likeness (QED) is 0.705. The van der Waals surface area contributed by atoms with Gasteiger partial charge >= 0.3 is 0 Å². The fraction of sp³-hybridized carbons (Fsp3) is 0.238. The normalized spacial score (nSPS) is 18.8. The first-order valence-electron chi connectivity index (χ1n) is 9.13. The number of carbonyl (C=O) groups is 2. The van der Waals surface area contributed by atoms with Crippen molar-refractivity contribution in [2.45, 2.75) is 6.54 Å². The Labute approximate surface area is 170 Å². The highest BCUT2D eigenvalue weighted by atomic mass is 32.2. The molecule has 0 atom stereocenters. The van der Waals surface area contributed by atoms with Gasteiger partial charge in [-0.25, -0.2) is 8.78 Å². The number of imide groups is 1. The molecule has 0 spiro atoms. The summed E-state index contributed by atoms with van der Waals surface area (Å²) in [5.74, 6) is -1.21. The maximum Gasteiger partial charge on any atom is 0.293 e. The average molecular weight is 416 g/mol. The van der Waals surface area contributed by atoms with Gasteiger partial charge in [0, 0.05) is 13.1 Å². The zero-order valence-electron chi connectivity index (χ0n) is 15.4. The lowest BCUT2D eigenvalue weighted by Crippen LogP contribution is -2.36. The highest BCUT2D eigenvalue weighted by Crippen LogP contribution is 2.34. The van der Waals surface area contributed by atoms with Crippen LogP contribution in [0.4, 0.5) is 19.3 Å². The summed E-state index contributed by atoms with van der Waals surface area (Å²) in [5.41, 5.74) is 1.65. The van der Waals surface area contributed by atoms with Crippen LogP contribution < -0.4 is 4.90 Å². The number of ether oxygens (including phenoxy) is 1. The van der Waals surface area contributed by atoms with E-state index < -0.39 is 11.1 Å². The van der Waals surface area contributed by atoms with Crippen molar-refractivity contribution in [1.82, 2.24) is 4.90 Å². The number of thioether (sulfide) groups is 1. The van der Waals surface area contributed by atoms with Gasteiger partial charge in [0.05, 0.1) is 30.4 Å². The van der Waals surface area contributed by atoms with Crippen molar-refractivity contribution >= 4 is 34.7 Å². The Hall–Kier alpha value is -2.71. The molecule has 0 N–H and O–H groups in total. The Balaban J connectivity index is 1.50. The number of carbonyl (C=O) groups excluding carboxylic acids is 2. The molecular weight excluding hydrogens is 398 g/mol. The van der Waals surface area contributed by atoms with Crippen LogP contribution in [-0.2, 0) is 16.1 Å². The predicted octanol–water partition coefficient (Wildman–Crippen LogP) is 4.04. The minimum absolute atomic E-state index is 0.0621. The second kappa shape index (κ2) is 8.34. The largest absolute Gasteiger partial charge is 0.378 e. The Bertz CT molecular complexity index is 972. The third kappa shape index (κ3) is 4.33. The predicted molar refractivity (Wildman–Crippen MR) is 107 cm³/mol. The molecule has 0 aromatic heterocycles. The average Bonchev–Trinajstić information content (AvgIpc) is 2.98. The molecule has 2 aromatic carbocycles. The van der Waals surface area contributed by atoms with Gasteiger partial charge in [-0.2, -0.15) is 0 Å². The van der Waals surface area contributed by atoms with E-state index in [-0.39, 0.29) is 23.1 Å². The maximum absolute atomic E-state index is 14.6. The lowest BCUT2D eigenvalue weighted by molar-refractivity contribution is -0.123. The summed E-state index contributed by atoms with van der Waals surface area (Å²) in [6.07, 6.45) is 1.52. The van der Waals surface area contributed by atoms with E-state index in [1.165, 1.54) is 36.4 Å². The first-order chi connectivity index (χ1) is 14.0. The molecule has 2 fully saturated rings. The van der Waals surface area contributed by atoms with Gasteiger partial charge in [-0.05, 0) is 53.2 Å². The molecular formula is C21H18F2N2O3S. The topological polar surface area (TPSA) is 49.9 Å². The summed E-state index contributed by atoms with van der Waals surface area (Å²) in [6.45, 7) is 2.43. The van der Waals surface area contributed by atoms with Crippen LogP contribution in [0.1, 0.15) is 11.1 Å². The van der Waals surface area contributed by atoms with Gasteiger partial charge in [0.1, 0.15) is 11.6 Å². The molecule has 2 aliphatic heterocycles. The number of anilines is 1. The van der Waals surface area contributed by atoms with Crippen molar-refractivity contribution in [3.63, 3.8) is 0 Å². The second-order valence-electron chi connectivity index (χ2n) is 6.70.